The predicted molar refractivity (Wildman–Crippen MR) is 121 cm³/mol. The van der Waals surface area contributed by atoms with Gasteiger partial charge in [-0.3, -0.25) is 4.79 Å². The number of imidazole rings is 1. The number of hydrogen-bond acceptors (Lipinski definition) is 5. The summed E-state index contributed by atoms with van der Waals surface area (Å²) in [5, 5.41) is 2.69. The Labute approximate surface area is 199 Å². The van der Waals surface area contributed by atoms with Gasteiger partial charge in [0, 0.05) is 6.20 Å². The highest BCUT2D eigenvalue weighted by Crippen LogP contribution is 2.31. The molecule has 7 nitrogen and oxygen atoms in total. The molecule has 0 aliphatic heterocycles. The molecule has 0 fully saturated rings. The molecule has 0 bridgehead atoms. The van der Waals surface area contributed by atoms with Crippen molar-refractivity contribution in [2.24, 2.45) is 0 Å². The van der Waals surface area contributed by atoms with Crippen LogP contribution in [0.4, 0.5) is 13.2 Å². The molecule has 4 rings (SSSR count). The van der Waals surface area contributed by atoms with Gasteiger partial charge in [0.25, 0.3) is 5.91 Å². The lowest BCUT2D eigenvalue weighted by Crippen LogP contribution is -2.33. The smallest absolute Gasteiger partial charge is 0.491 e. The molecular formula is C25H22F3N3O4. The number of aryl methyl sites for hydroxylation is 2. The summed E-state index contributed by atoms with van der Waals surface area (Å²) in [4.78, 5) is 28.7. The van der Waals surface area contributed by atoms with Crippen molar-refractivity contribution in [2.75, 3.05) is 7.11 Å². The van der Waals surface area contributed by atoms with E-state index < -0.39 is 29.9 Å². The lowest BCUT2D eigenvalue weighted by atomic mass is 10.1. The third kappa shape index (κ3) is 5.37. The number of fused-ring (bicyclic) bond motifs is 1. The molecule has 0 unspecified atom stereocenters. The predicted octanol–water partition coefficient (Wildman–Crippen LogP) is 4.44. The van der Waals surface area contributed by atoms with Gasteiger partial charge in [-0.1, -0.05) is 30.3 Å². The summed E-state index contributed by atoms with van der Waals surface area (Å²) < 4.78 is 50.4. The lowest BCUT2D eigenvalue weighted by Gasteiger charge is -2.16. The lowest BCUT2D eigenvalue weighted by molar-refractivity contribution is -0.195. The van der Waals surface area contributed by atoms with Crippen LogP contribution in [-0.2, 0) is 20.7 Å². The van der Waals surface area contributed by atoms with E-state index in [0.717, 1.165) is 29.3 Å². The number of nitrogens with zero attached hydrogens (tertiary/aromatic N) is 2. The molecule has 1 aromatic heterocycles. The normalized spacial score (nSPS) is 15.5. The molecule has 1 N–H and O–H groups in total. The fourth-order valence-electron chi connectivity index (χ4n) is 3.94. The summed E-state index contributed by atoms with van der Waals surface area (Å²) >= 11 is 0. The van der Waals surface area contributed by atoms with Gasteiger partial charge in [-0.15, -0.1) is 0 Å². The van der Waals surface area contributed by atoms with E-state index in [4.69, 9.17) is 4.74 Å². The van der Waals surface area contributed by atoms with Crippen molar-refractivity contribution in [1.82, 2.24) is 14.9 Å². The van der Waals surface area contributed by atoms with Crippen LogP contribution in [0, 0.1) is 6.92 Å². The van der Waals surface area contributed by atoms with E-state index in [2.05, 4.69) is 15.0 Å². The van der Waals surface area contributed by atoms with E-state index in [0.29, 0.717) is 23.4 Å². The molecular weight excluding hydrogens is 463 g/mol. The quantitative estimate of drug-likeness (QED) is 0.317. The highest BCUT2D eigenvalue weighted by molar-refractivity contribution is 5.99. The van der Waals surface area contributed by atoms with Crippen LogP contribution in [0.25, 0.3) is 11.8 Å². The van der Waals surface area contributed by atoms with Crippen LogP contribution < -0.4 is 10.1 Å². The van der Waals surface area contributed by atoms with Gasteiger partial charge in [-0.2, -0.15) is 13.2 Å². The molecule has 1 atom stereocenters. The maximum atomic E-state index is 13.0. The van der Waals surface area contributed by atoms with Crippen molar-refractivity contribution < 1.29 is 32.2 Å². The number of carbonyl (C=O) groups excluding carboxylic acids is 2. The zero-order valence-electron chi connectivity index (χ0n) is 18.9. The Morgan fingerprint density at radius 2 is 1.97 bits per heavy atom. The number of nitrogens with one attached hydrogen (secondary N) is 1. The second-order valence-electron chi connectivity index (χ2n) is 8.01. The summed E-state index contributed by atoms with van der Waals surface area (Å²) in [6.45, 7) is 1.82. The Morgan fingerprint density at radius 1 is 1.20 bits per heavy atom. The Balaban J connectivity index is 1.65. The average Bonchev–Trinajstić information content (AvgIpc) is 3.44. The molecule has 0 spiro atoms. The fraction of sp³-hybridized carbons (Fsp3) is 0.240. The van der Waals surface area contributed by atoms with Crippen molar-refractivity contribution in [1.29, 1.82) is 0 Å². The third-order valence-electron chi connectivity index (χ3n) is 5.59. The van der Waals surface area contributed by atoms with Gasteiger partial charge in [-0.05, 0) is 54.7 Å². The Bertz CT molecular complexity index is 1300. The van der Waals surface area contributed by atoms with Gasteiger partial charge in [0.1, 0.15) is 5.75 Å². The van der Waals surface area contributed by atoms with Gasteiger partial charge in [-0.25, -0.2) is 9.78 Å². The second-order valence-corrected chi connectivity index (χ2v) is 8.01. The molecule has 1 aliphatic carbocycles. The zero-order valence-corrected chi connectivity index (χ0v) is 18.9. The molecule has 1 aliphatic rings. The summed E-state index contributed by atoms with van der Waals surface area (Å²) in [5.74, 6) is -3.81. The summed E-state index contributed by atoms with van der Waals surface area (Å²) in [5.41, 5.74) is 3.64. The van der Waals surface area contributed by atoms with Gasteiger partial charge in [0.15, 0.2) is 5.76 Å². The number of methoxy groups -OCH3 is 1. The Morgan fingerprint density at radius 3 is 2.66 bits per heavy atom. The van der Waals surface area contributed by atoms with Crippen molar-refractivity contribution in [3.05, 3.63) is 83.1 Å². The number of ether oxygens (including phenoxy) is 2. The topological polar surface area (TPSA) is 82.5 Å². The minimum atomic E-state index is -5.26. The molecule has 1 amide bonds. The first-order chi connectivity index (χ1) is 16.7. The number of carbonyl (C=O) groups is 2. The first-order valence-electron chi connectivity index (χ1n) is 10.7. The molecule has 0 saturated heterocycles. The minimum absolute atomic E-state index is 0.300. The fourth-order valence-corrected chi connectivity index (χ4v) is 3.94. The molecule has 182 valence electrons. The second kappa shape index (κ2) is 9.65. The van der Waals surface area contributed by atoms with Crippen LogP contribution in [0.2, 0.25) is 0 Å². The molecule has 1 heterocycles. The minimum Gasteiger partial charge on any atom is -0.495 e. The van der Waals surface area contributed by atoms with E-state index >= 15 is 0 Å². The molecule has 35 heavy (non-hydrogen) atoms. The Hall–Kier alpha value is -4.08. The van der Waals surface area contributed by atoms with Crippen molar-refractivity contribution in [2.45, 2.75) is 32.0 Å². The van der Waals surface area contributed by atoms with Gasteiger partial charge in [0.05, 0.1) is 30.9 Å². The first kappa shape index (κ1) is 24.1. The number of hydrogen-bond donors (Lipinski definition) is 1. The van der Waals surface area contributed by atoms with Crippen molar-refractivity contribution >= 4 is 18.0 Å². The van der Waals surface area contributed by atoms with Crippen molar-refractivity contribution in [3.8, 4) is 11.4 Å². The molecule has 10 heteroatoms. The molecule has 3 aromatic rings. The van der Waals surface area contributed by atoms with Gasteiger partial charge >= 0.3 is 12.1 Å². The van der Waals surface area contributed by atoms with Crippen LogP contribution >= 0.6 is 0 Å². The third-order valence-corrected chi connectivity index (χ3v) is 5.59. The summed E-state index contributed by atoms with van der Waals surface area (Å²) in [6.07, 6.45) is 0.474. The van der Waals surface area contributed by atoms with Crippen LogP contribution in [-0.4, -0.2) is 34.7 Å². The highest BCUT2D eigenvalue weighted by Gasteiger charge is 2.42. The number of rotatable bonds is 6. The maximum absolute atomic E-state index is 13.0. The van der Waals surface area contributed by atoms with Gasteiger partial charge in [0.2, 0.25) is 0 Å². The first-order valence-corrected chi connectivity index (χ1v) is 10.7. The zero-order chi connectivity index (χ0) is 25.2. The number of amides is 1. The van der Waals surface area contributed by atoms with Gasteiger partial charge < -0.3 is 19.4 Å². The highest BCUT2D eigenvalue weighted by atomic mass is 19.4. The number of halogens is 3. The van der Waals surface area contributed by atoms with E-state index in [-0.39, 0.29) is 0 Å². The van der Waals surface area contributed by atoms with Crippen molar-refractivity contribution in [3.63, 3.8) is 0 Å². The van der Waals surface area contributed by atoms with E-state index in [1.807, 2.05) is 31.2 Å². The molecule has 2 aromatic carbocycles. The number of alkyl halides is 3. The molecule has 0 radical (unpaired) electrons. The standard InChI is InChI=1S/C25H22F3N3O4/c1-15-13-31(14-29-15)20-10-7-16(11-21(20)34-2)12-22(35-24(33)25(26,27)28)23(32)30-19-9-8-17-5-3-4-6-18(17)19/h3-7,10-14,19H,8-9H2,1-2H3,(H,30,32)/b22-12+/t19-/m0/s1. The number of esters is 1. The average molecular weight is 485 g/mol. The molecule has 0 saturated carbocycles. The number of aromatic nitrogens is 2. The van der Waals surface area contributed by atoms with E-state index in [1.165, 1.54) is 13.2 Å². The van der Waals surface area contributed by atoms with Crippen LogP contribution in [0.15, 0.2) is 60.7 Å². The van der Waals surface area contributed by atoms with E-state index in [9.17, 15) is 22.8 Å². The van der Waals surface area contributed by atoms with Crippen LogP contribution in [0.5, 0.6) is 5.75 Å². The maximum Gasteiger partial charge on any atom is 0.491 e. The number of benzene rings is 2. The van der Waals surface area contributed by atoms with Crippen LogP contribution in [0.3, 0.4) is 0 Å². The SMILES string of the molecule is COc1cc(/C=C(/OC(=O)C(F)(F)F)C(=O)N[C@H]2CCc3ccccc32)ccc1-n1cnc(C)c1. The monoisotopic (exact) mass is 485 g/mol. The van der Waals surface area contributed by atoms with Crippen LogP contribution in [0.1, 0.15) is 34.8 Å². The summed E-state index contributed by atoms with van der Waals surface area (Å²) in [6, 6.07) is 11.8. The van der Waals surface area contributed by atoms with E-state index in [1.54, 1.807) is 29.2 Å². The Kier molecular flexibility index (Phi) is 6.63. The largest absolute Gasteiger partial charge is 0.495 e. The summed E-state index contributed by atoms with van der Waals surface area (Å²) in [7, 11) is 1.44.